The van der Waals surface area contributed by atoms with Gasteiger partial charge in [0.25, 0.3) is 0 Å². The summed E-state index contributed by atoms with van der Waals surface area (Å²) in [5.41, 5.74) is 2.55. The summed E-state index contributed by atoms with van der Waals surface area (Å²) in [7, 11) is 1.68. The summed E-state index contributed by atoms with van der Waals surface area (Å²) in [4.78, 5) is 4.12. The van der Waals surface area contributed by atoms with Gasteiger partial charge < -0.3 is 10.6 Å². The van der Waals surface area contributed by atoms with Crippen LogP contribution in [0.2, 0.25) is 0 Å². The van der Waals surface area contributed by atoms with Crippen molar-refractivity contribution in [2.45, 2.75) is 20.0 Å². The fraction of sp³-hybridized carbons (Fsp3) is 0.235. The van der Waals surface area contributed by atoms with Gasteiger partial charge in [0.2, 0.25) is 0 Å². The highest BCUT2D eigenvalue weighted by Gasteiger charge is 2.02. The molecule has 0 aliphatic heterocycles. The summed E-state index contributed by atoms with van der Waals surface area (Å²) < 4.78 is 26.1. The standard InChI is InChI=1S/C17H19F2N3.HI/c1-12-9-14(5-8-16(12)19)11-22-17(20-2)21-10-13-3-6-15(18)7-4-13;/h3-9H,10-11H2,1-2H3,(H2,20,21,22);1H. The van der Waals surface area contributed by atoms with E-state index in [0.29, 0.717) is 24.6 Å². The van der Waals surface area contributed by atoms with Gasteiger partial charge in [-0.1, -0.05) is 24.3 Å². The van der Waals surface area contributed by atoms with Crippen molar-refractivity contribution in [2.24, 2.45) is 4.99 Å². The third-order valence-electron chi connectivity index (χ3n) is 3.28. The Morgan fingerprint density at radius 2 is 1.52 bits per heavy atom. The number of halogens is 3. The molecule has 0 heterocycles. The van der Waals surface area contributed by atoms with Gasteiger partial charge in [0, 0.05) is 20.1 Å². The Hall–Kier alpha value is -1.70. The van der Waals surface area contributed by atoms with Gasteiger partial charge >= 0.3 is 0 Å². The average Bonchev–Trinajstić information content (AvgIpc) is 2.52. The Morgan fingerprint density at radius 1 is 0.957 bits per heavy atom. The molecule has 0 aromatic heterocycles. The summed E-state index contributed by atoms with van der Waals surface area (Å²) in [6.45, 7) is 2.83. The van der Waals surface area contributed by atoms with E-state index in [4.69, 9.17) is 0 Å². The molecule has 0 radical (unpaired) electrons. The van der Waals surface area contributed by atoms with E-state index in [1.165, 1.54) is 18.2 Å². The molecule has 0 aliphatic rings. The Labute approximate surface area is 152 Å². The van der Waals surface area contributed by atoms with Gasteiger partial charge in [-0.15, -0.1) is 24.0 Å². The molecule has 23 heavy (non-hydrogen) atoms. The van der Waals surface area contributed by atoms with Crippen molar-refractivity contribution < 1.29 is 8.78 Å². The smallest absolute Gasteiger partial charge is 0.191 e. The molecule has 0 aliphatic carbocycles. The van der Waals surface area contributed by atoms with Gasteiger partial charge in [-0.2, -0.15) is 0 Å². The number of nitrogens with one attached hydrogen (secondary N) is 2. The number of benzene rings is 2. The minimum Gasteiger partial charge on any atom is -0.352 e. The van der Waals surface area contributed by atoms with Gasteiger partial charge in [-0.05, 0) is 41.8 Å². The van der Waals surface area contributed by atoms with Crippen LogP contribution in [0.25, 0.3) is 0 Å². The van der Waals surface area contributed by atoms with E-state index < -0.39 is 0 Å². The zero-order valence-electron chi connectivity index (χ0n) is 13.1. The molecule has 0 saturated carbocycles. The first-order valence-corrected chi connectivity index (χ1v) is 7.02. The normalized spacial score (nSPS) is 10.9. The quantitative estimate of drug-likeness (QED) is 0.440. The molecule has 0 bridgehead atoms. The van der Waals surface area contributed by atoms with E-state index in [0.717, 1.165) is 11.1 Å². The van der Waals surface area contributed by atoms with E-state index >= 15 is 0 Å². The van der Waals surface area contributed by atoms with Gasteiger partial charge in [-0.3, -0.25) is 4.99 Å². The Balaban J connectivity index is 0.00000264. The molecule has 0 atom stereocenters. The summed E-state index contributed by atoms with van der Waals surface area (Å²) in [5.74, 6) is 0.173. The minimum atomic E-state index is -0.252. The lowest BCUT2D eigenvalue weighted by Gasteiger charge is -2.12. The zero-order chi connectivity index (χ0) is 15.9. The number of hydrogen-bond donors (Lipinski definition) is 2. The second kappa shape index (κ2) is 9.44. The molecule has 2 aromatic rings. The number of nitrogens with zero attached hydrogens (tertiary/aromatic N) is 1. The fourth-order valence-corrected chi connectivity index (χ4v) is 2.01. The molecule has 0 spiro atoms. The number of hydrogen-bond acceptors (Lipinski definition) is 1. The van der Waals surface area contributed by atoms with E-state index in [2.05, 4.69) is 15.6 Å². The van der Waals surface area contributed by atoms with Crippen molar-refractivity contribution in [1.82, 2.24) is 10.6 Å². The van der Waals surface area contributed by atoms with Gasteiger partial charge in [0.15, 0.2) is 5.96 Å². The Kier molecular flexibility index (Phi) is 7.94. The molecule has 0 unspecified atom stereocenters. The Bertz CT molecular complexity index is 657. The lowest BCUT2D eigenvalue weighted by atomic mass is 10.1. The molecule has 2 N–H and O–H groups in total. The van der Waals surface area contributed by atoms with Crippen LogP contribution in [-0.4, -0.2) is 13.0 Å². The van der Waals surface area contributed by atoms with Crippen molar-refractivity contribution in [1.29, 1.82) is 0 Å². The van der Waals surface area contributed by atoms with E-state index in [-0.39, 0.29) is 35.6 Å². The molecular weight excluding hydrogens is 411 g/mol. The third-order valence-corrected chi connectivity index (χ3v) is 3.28. The zero-order valence-corrected chi connectivity index (χ0v) is 15.4. The first kappa shape index (κ1) is 19.3. The van der Waals surface area contributed by atoms with Crippen LogP contribution in [-0.2, 0) is 13.1 Å². The third kappa shape index (κ3) is 6.13. The number of guanidine groups is 1. The second-order valence-corrected chi connectivity index (χ2v) is 4.99. The van der Waals surface area contributed by atoms with Crippen LogP contribution in [0.5, 0.6) is 0 Å². The van der Waals surface area contributed by atoms with Crippen LogP contribution >= 0.6 is 24.0 Å². The maximum atomic E-state index is 13.2. The summed E-state index contributed by atoms with van der Waals surface area (Å²) in [6, 6.07) is 11.3. The van der Waals surface area contributed by atoms with Crippen LogP contribution < -0.4 is 10.6 Å². The summed E-state index contributed by atoms with van der Waals surface area (Å²) in [5, 5.41) is 6.30. The topological polar surface area (TPSA) is 36.4 Å². The average molecular weight is 431 g/mol. The van der Waals surface area contributed by atoms with Crippen LogP contribution in [0.3, 0.4) is 0 Å². The van der Waals surface area contributed by atoms with E-state index in [9.17, 15) is 8.78 Å². The first-order chi connectivity index (χ1) is 10.6. The molecule has 0 saturated heterocycles. The fourth-order valence-electron chi connectivity index (χ4n) is 2.01. The SMILES string of the molecule is CN=C(NCc1ccc(F)cc1)NCc1ccc(F)c(C)c1.I. The van der Waals surface area contributed by atoms with E-state index in [1.54, 1.807) is 38.2 Å². The van der Waals surface area contributed by atoms with Crippen molar-refractivity contribution in [2.75, 3.05) is 7.05 Å². The van der Waals surface area contributed by atoms with Crippen LogP contribution in [0.15, 0.2) is 47.5 Å². The van der Waals surface area contributed by atoms with Crippen molar-refractivity contribution in [3.63, 3.8) is 0 Å². The maximum absolute atomic E-state index is 13.2. The molecular formula is C17H20F2IN3. The van der Waals surface area contributed by atoms with Crippen molar-refractivity contribution in [3.8, 4) is 0 Å². The van der Waals surface area contributed by atoms with Crippen LogP contribution in [0, 0.1) is 18.6 Å². The molecule has 2 aromatic carbocycles. The predicted molar refractivity (Wildman–Crippen MR) is 100.0 cm³/mol. The van der Waals surface area contributed by atoms with Crippen LogP contribution in [0.4, 0.5) is 8.78 Å². The van der Waals surface area contributed by atoms with Crippen molar-refractivity contribution >= 4 is 29.9 Å². The highest BCUT2D eigenvalue weighted by Crippen LogP contribution is 2.08. The molecule has 6 heteroatoms. The Morgan fingerprint density at radius 3 is 2.09 bits per heavy atom. The largest absolute Gasteiger partial charge is 0.352 e. The molecule has 2 rings (SSSR count). The monoisotopic (exact) mass is 431 g/mol. The van der Waals surface area contributed by atoms with Crippen molar-refractivity contribution in [3.05, 3.63) is 70.8 Å². The van der Waals surface area contributed by atoms with Gasteiger partial charge in [0.05, 0.1) is 0 Å². The van der Waals surface area contributed by atoms with Gasteiger partial charge in [0.1, 0.15) is 11.6 Å². The minimum absolute atomic E-state index is 0. The summed E-state index contributed by atoms with van der Waals surface area (Å²) >= 11 is 0. The molecule has 0 fully saturated rings. The highest BCUT2D eigenvalue weighted by atomic mass is 127. The molecule has 124 valence electrons. The first-order valence-electron chi connectivity index (χ1n) is 7.02. The highest BCUT2D eigenvalue weighted by molar-refractivity contribution is 14.0. The van der Waals surface area contributed by atoms with Crippen LogP contribution in [0.1, 0.15) is 16.7 Å². The lowest BCUT2D eigenvalue weighted by Crippen LogP contribution is -2.36. The lowest BCUT2D eigenvalue weighted by molar-refractivity contribution is 0.617. The predicted octanol–water partition coefficient (Wildman–Crippen LogP) is 3.76. The molecule has 0 amide bonds. The second-order valence-electron chi connectivity index (χ2n) is 4.99. The number of aryl methyl sites for hydroxylation is 1. The molecule has 3 nitrogen and oxygen atoms in total. The number of aliphatic imine (C=N–C) groups is 1. The maximum Gasteiger partial charge on any atom is 0.191 e. The van der Waals surface area contributed by atoms with Gasteiger partial charge in [-0.25, -0.2) is 8.78 Å². The number of rotatable bonds is 4. The summed E-state index contributed by atoms with van der Waals surface area (Å²) in [6.07, 6.45) is 0. The van der Waals surface area contributed by atoms with E-state index in [1.807, 2.05) is 0 Å².